The Bertz CT molecular complexity index is 634. The van der Waals surface area contributed by atoms with Crippen molar-refractivity contribution in [1.29, 1.82) is 0 Å². The zero-order valence-corrected chi connectivity index (χ0v) is 13.7. The zero-order valence-electron chi connectivity index (χ0n) is 12.9. The summed E-state index contributed by atoms with van der Waals surface area (Å²) >= 11 is 1.55. The van der Waals surface area contributed by atoms with E-state index in [2.05, 4.69) is 18.8 Å². The highest BCUT2D eigenvalue weighted by molar-refractivity contribution is 7.07. The Morgan fingerprint density at radius 1 is 1.45 bits per heavy atom. The van der Waals surface area contributed by atoms with Gasteiger partial charge in [-0.15, -0.1) is 11.3 Å². The van der Waals surface area contributed by atoms with Crippen LogP contribution in [0.5, 0.6) is 5.75 Å². The van der Waals surface area contributed by atoms with Gasteiger partial charge in [-0.2, -0.15) is 0 Å². The van der Waals surface area contributed by atoms with E-state index in [1.165, 1.54) is 0 Å². The van der Waals surface area contributed by atoms with E-state index in [-0.39, 0.29) is 11.9 Å². The summed E-state index contributed by atoms with van der Waals surface area (Å²) in [6.07, 6.45) is 2.23. The van der Waals surface area contributed by atoms with Crippen LogP contribution >= 0.6 is 11.3 Å². The molecule has 5 heteroatoms. The molecule has 0 bridgehead atoms. The highest BCUT2D eigenvalue weighted by atomic mass is 32.1. The molecule has 0 atom stereocenters. The third-order valence-electron chi connectivity index (χ3n) is 3.68. The minimum Gasteiger partial charge on any atom is -0.487 e. The molecule has 0 unspecified atom stereocenters. The number of carbonyl (C=O) groups is 1. The number of carbonyl (C=O) groups excluding carboxylic acids is 1. The molecule has 1 aliphatic rings. The average molecular weight is 316 g/mol. The molecule has 4 nitrogen and oxygen atoms in total. The summed E-state index contributed by atoms with van der Waals surface area (Å²) in [4.78, 5) is 18.9. The molecule has 1 aromatic carbocycles. The smallest absolute Gasteiger partial charge is 0.254 e. The van der Waals surface area contributed by atoms with E-state index >= 15 is 0 Å². The Balaban J connectivity index is 1.71. The van der Waals surface area contributed by atoms with E-state index < -0.39 is 0 Å². The quantitative estimate of drug-likeness (QED) is 0.815. The van der Waals surface area contributed by atoms with E-state index in [0.717, 1.165) is 18.5 Å². The van der Waals surface area contributed by atoms with Gasteiger partial charge in [-0.1, -0.05) is 6.07 Å². The van der Waals surface area contributed by atoms with Gasteiger partial charge in [0.25, 0.3) is 5.91 Å². The summed E-state index contributed by atoms with van der Waals surface area (Å²) in [5.74, 6) is 0.801. The van der Waals surface area contributed by atoms with Crippen LogP contribution in [0, 0.1) is 0 Å². The molecule has 0 spiro atoms. The van der Waals surface area contributed by atoms with Crippen molar-refractivity contribution in [1.82, 2.24) is 9.88 Å². The van der Waals surface area contributed by atoms with Crippen LogP contribution in [0.25, 0.3) is 0 Å². The molecule has 1 fully saturated rings. The monoisotopic (exact) mass is 316 g/mol. The molecule has 116 valence electrons. The number of hydrogen-bond acceptors (Lipinski definition) is 4. The molecule has 2 aromatic rings. The lowest BCUT2D eigenvalue weighted by Crippen LogP contribution is -2.38. The van der Waals surface area contributed by atoms with Gasteiger partial charge in [-0.25, -0.2) is 4.98 Å². The molecule has 1 heterocycles. The van der Waals surface area contributed by atoms with Gasteiger partial charge in [-0.05, 0) is 44.9 Å². The van der Waals surface area contributed by atoms with Crippen LogP contribution in [0.2, 0.25) is 0 Å². The molecule has 3 rings (SSSR count). The fraction of sp³-hybridized carbons (Fsp3) is 0.412. The fourth-order valence-electron chi connectivity index (χ4n) is 2.51. The minimum absolute atomic E-state index is 0.0941. The van der Waals surface area contributed by atoms with Crippen molar-refractivity contribution in [2.45, 2.75) is 45.4 Å². The summed E-state index contributed by atoms with van der Waals surface area (Å²) in [7, 11) is 0. The molecule has 0 radical (unpaired) electrons. The van der Waals surface area contributed by atoms with E-state index in [1.54, 1.807) is 16.8 Å². The molecule has 0 N–H and O–H groups in total. The van der Waals surface area contributed by atoms with Crippen molar-refractivity contribution in [3.63, 3.8) is 0 Å². The summed E-state index contributed by atoms with van der Waals surface area (Å²) in [6, 6.07) is 8.06. The summed E-state index contributed by atoms with van der Waals surface area (Å²) in [5, 5.41) is 1.96. The van der Waals surface area contributed by atoms with Crippen LogP contribution in [0.4, 0.5) is 0 Å². The lowest BCUT2D eigenvalue weighted by molar-refractivity contribution is 0.0689. The van der Waals surface area contributed by atoms with Crippen molar-refractivity contribution in [2.75, 3.05) is 0 Å². The number of amides is 1. The van der Waals surface area contributed by atoms with Gasteiger partial charge in [0.2, 0.25) is 0 Å². The van der Waals surface area contributed by atoms with Crippen molar-refractivity contribution in [3.05, 3.63) is 46.4 Å². The van der Waals surface area contributed by atoms with Crippen LogP contribution in [0.15, 0.2) is 35.2 Å². The lowest BCUT2D eigenvalue weighted by atomic mass is 10.1. The molecule has 1 aromatic heterocycles. The average Bonchev–Trinajstić information content (AvgIpc) is 3.19. The van der Waals surface area contributed by atoms with Crippen LogP contribution in [-0.2, 0) is 6.61 Å². The molecule has 1 aliphatic carbocycles. The van der Waals surface area contributed by atoms with Gasteiger partial charge in [0.15, 0.2) is 0 Å². The number of aromatic nitrogens is 1. The van der Waals surface area contributed by atoms with Crippen molar-refractivity contribution in [2.24, 2.45) is 0 Å². The number of nitrogens with zero attached hydrogens (tertiary/aromatic N) is 2. The predicted molar refractivity (Wildman–Crippen MR) is 87.2 cm³/mol. The van der Waals surface area contributed by atoms with Gasteiger partial charge in [0.1, 0.15) is 12.4 Å². The maximum absolute atomic E-state index is 12.7. The van der Waals surface area contributed by atoms with Crippen LogP contribution in [0.3, 0.4) is 0 Å². The van der Waals surface area contributed by atoms with Crippen molar-refractivity contribution < 1.29 is 9.53 Å². The Hall–Kier alpha value is -1.88. The first-order chi connectivity index (χ1) is 10.6. The SMILES string of the molecule is CC(C)N(C(=O)c1cccc(OCc2cscn2)c1)C1CC1. The van der Waals surface area contributed by atoms with E-state index in [9.17, 15) is 4.79 Å². The first kappa shape index (κ1) is 15.0. The largest absolute Gasteiger partial charge is 0.487 e. The standard InChI is InChI=1S/C17H20N2O2S/c1-12(2)19(15-6-7-15)17(20)13-4-3-5-16(8-13)21-9-14-10-22-11-18-14/h3-5,8,10-12,15H,6-7,9H2,1-2H3. The first-order valence-electron chi connectivity index (χ1n) is 7.57. The zero-order chi connectivity index (χ0) is 15.5. The van der Waals surface area contributed by atoms with E-state index in [1.807, 2.05) is 34.5 Å². The maximum atomic E-state index is 12.7. The minimum atomic E-state index is 0.0941. The Kier molecular flexibility index (Phi) is 4.43. The second-order valence-electron chi connectivity index (χ2n) is 5.83. The molecule has 0 aliphatic heterocycles. The first-order valence-corrected chi connectivity index (χ1v) is 8.52. The van der Waals surface area contributed by atoms with Gasteiger partial charge in [0.05, 0.1) is 11.2 Å². The fourth-order valence-corrected chi connectivity index (χ4v) is 3.05. The lowest BCUT2D eigenvalue weighted by Gasteiger charge is -2.26. The summed E-state index contributed by atoms with van der Waals surface area (Å²) in [6.45, 7) is 4.56. The molecular formula is C17H20N2O2S. The maximum Gasteiger partial charge on any atom is 0.254 e. The van der Waals surface area contributed by atoms with Crippen LogP contribution < -0.4 is 4.74 Å². The molecule has 0 saturated heterocycles. The number of benzene rings is 1. The van der Waals surface area contributed by atoms with E-state index in [0.29, 0.717) is 24.0 Å². The summed E-state index contributed by atoms with van der Waals surface area (Å²) < 4.78 is 5.73. The number of rotatable bonds is 6. The van der Waals surface area contributed by atoms with Gasteiger partial charge in [0, 0.05) is 23.0 Å². The van der Waals surface area contributed by atoms with Crippen molar-refractivity contribution in [3.8, 4) is 5.75 Å². The van der Waals surface area contributed by atoms with E-state index in [4.69, 9.17) is 4.74 Å². The number of thiazole rings is 1. The summed E-state index contributed by atoms with van der Waals surface area (Å²) in [5.41, 5.74) is 3.38. The normalized spacial score (nSPS) is 14.1. The highest BCUT2D eigenvalue weighted by Crippen LogP contribution is 2.30. The molecule has 22 heavy (non-hydrogen) atoms. The Morgan fingerprint density at radius 2 is 2.27 bits per heavy atom. The molecular weight excluding hydrogens is 296 g/mol. The van der Waals surface area contributed by atoms with Crippen LogP contribution in [0.1, 0.15) is 42.7 Å². The third-order valence-corrected chi connectivity index (χ3v) is 4.32. The Morgan fingerprint density at radius 3 is 2.91 bits per heavy atom. The second-order valence-corrected chi connectivity index (χ2v) is 6.55. The number of ether oxygens (including phenoxy) is 1. The van der Waals surface area contributed by atoms with Gasteiger partial charge < -0.3 is 9.64 Å². The second kappa shape index (κ2) is 6.48. The van der Waals surface area contributed by atoms with Gasteiger partial charge in [-0.3, -0.25) is 4.79 Å². The predicted octanol–water partition coefficient (Wildman–Crippen LogP) is 3.74. The van der Waals surface area contributed by atoms with Crippen LogP contribution in [-0.4, -0.2) is 27.9 Å². The third kappa shape index (κ3) is 3.47. The molecule has 1 amide bonds. The highest BCUT2D eigenvalue weighted by Gasteiger charge is 2.34. The Labute approximate surface area is 134 Å². The topological polar surface area (TPSA) is 42.4 Å². The van der Waals surface area contributed by atoms with Crippen molar-refractivity contribution >= 4 is 17.2 Å². The molecule has 1 saturated carbocycles. The number of hydrogen-bond donors (Lipinski definition) is 0. The van der Waals surface area contributed by atoms with Gasteiger partial charge >= 0.3 is 0 Å².